The summed E-state index contributed by atoms with van der Waals surface area (Å²) >= 11 is 0.928. The summed E-state index contributed by atoms with van der Waals surface area (Å²) in [6, 6.07) is 0. The van der Waals surface area contributed by atoms with Crippen LogP contribution >= 0.6 is 11.8 Å². The van der Waals surface area contributed by atoms with Gasteiger partial charge in [-0.05, 0) is 6.42 Å². The highest BCUT2D eigenvalue weighted by Crippen LogP contribution is 2.34. The van der Waals surface area contributed by atoms with E-state index >= 15 is 0 Å². The Kier molecular flexibility index (Phi) is 5.39. The summed E-state index contributed by atoms with van der Waals surface area (Å²) in [6.45, 7) is 1.34. The Morgan fingerprint density at radius 3 is 2.68 bits per heavy atom. The van der Waals surface area contributed by atoms with E-state index in [1.54, 1.807) is 5.10 Å². The lowest BCUT2D eigenvalue weighted by Crippen LogP contribution is -2.22. The first-order valence-electron chi connectivity index (χ1n) is 5.33. The third-order valence-electron chi connectivity index (χ3n) is 2.35. The average Bonchev–Trinajstić information content (AvgIpc) is 2.75. The van der Waals surface area contributed by atoms with Gasteiger partial charge in [-0.25, -0.2) is 0 Å². The molecule has 9 heteroatoms. The van der Waals surface area contributed by atoms with Gasteiger partial charge >= 0.3 is 6.18 Å². The molecule has 0 radical (unpaired) electrons. The van der Waals surface area contributed by atoms with Crippen LogP contribution in [0.2, 0.25) is 0 Å². The quantitative estimate of drug-likeness (QED) is 0.767. The summed E-state index contributed by atoms with van der Waals surface area (Å²) in [7, 11) is 0. The third kappa shape index (κ3) is 4.51. The van der Waals surface area contributed by atoms with Gasteiger partial charge in [0.2, 0.25) is 0 Å². The van der Waals surface area contributed by atoms with E-state index in [-0.39, 0.29) is 17.3 Å². The Morgan fingerprint density at radius 1 is 1.53 bits per heavy atom. The smallest absolute Gasteiger partial charge is 0.390 e. The van der Waals surface area contributed by atoms with Crippen molar-refractivity contribution in [1.29, 1.82) is 0 Å². The molecule has 0 spiro atoms. The Hall–Kier alpha value is -1.06. The fourth-order valence-electron chi connectivity index (χ4n) is 1.44. The molecular formula is C10H13F3N2O3S. The predicted octanol–water partition coefficient (Wildman–Crippen LogP) is 1.49. The van der Waals surface area contributed by atoms with Gasteiger partial charge < -0.3 is 10.2 Å². The molecule has 5 nitrogen and oxygen atoms in total. The summed E-state index contributed by atoms with van der Waals surface area (Å²) < 4.78 is 37.7. The minimum absolute atomic E-state index is 0.00606. The van der Waals surface area contributed by atoms with Crippen molar-refractivity contribution in [2.24, 2.45) is 0 Å². The highest BCUT2D eigenvalue weighted by atomic mass is 32.2. The van der Waals surface area contributed by atoms with Gasteiger partial charge in [0, 0.05) is 18.2 Å². The number of carbonyl (C=O) groups is 1. The van der Waals surface area contributed by atoms with E-state index in [0.29, 0.717) is 0 Å². The molecule has 0 aliphatic rings. The zero-order valence-electron chi connectivity index (χ0n) is 9.94. The van der Waals surface area contributed by atoms with Gasteiger partial charge in [-0.15, -0.1) is 0 Å². The molecule has 2 atom stereocenters. The number of nitrogens with one attached hydrogen (secondary N) is 1. The number of aliphatic hydroxyl groups is 2. The van der Waals surface area contributed by atoms with E-state index in [4.69, 9.17) is 0 Å². The minimum Gasteiger partial charge on any atom is -0.390 e. The van der Waals surface area contributed by atoms with Crippen molar-refractivity contribution in [3.8, 4) is 0 Å². The number of alkyl halides is 3. The molecule has 1 aromatic heterocycles. The maximum Gasteiger partial charge on any atom is 0.433 e. The van der Waals surface area contributed by atoms with Crippen molar-refractivity contribution in [2.75, 3.05) is 5.75 Å². The van der Waals surface area contributed by atoms with Crippen molar-refractivity contribution in [1.82, 2.24) is 10.2 Å². The van der Waals surface area contributed by atoms with Crippen LogP contribution in [0.4, 0.5) is 13.2 Å². The van der Waals surface area contributed by atoms with Crippen molar-refractivity contribution >= 4 is 16.9 Å². The van der Waals surface area contributed by atoms with Crippen molar-refractivity contribution in [2.45, 2.75) is 31.7 Å². The number of halogens is 3. The Labute approximate surface area is 111 Å². The number of hydrogen-bond acceptors (Lipinski definition) is 5. The summed E-state index contributed by atoms with van der Waals surface area (Å²) in [6.07, 6.45) is -6.96. The maximum atomic E-state index is 12.6. The van der Waals surface area contributed by atoms with Gasteiger partial charge in [0.1, 0.15) is 11.8 Å². The fraction of sp³-hybridized carbons (Fsp3) is 0.600. The lowest BCUT2D eigenvalue weighted by atomic mass is 10.0. The molecule has 0 aliphatic heterocycles. The number of hydrogen-bond donors (Lipinski definition) is 3. The number of thioether (sulfide) groups is 1. The van der Waals surface area contributed by atoms with Gasteiger partial charge in [-0.2, -0.15) is 18.3 Å². The number of aromatic nitrogens is 2. The lowest BCUT2D eigenvalue weighted by Gasteiger charge is -2.18. The van der Waals surface area contributed by atoms with E-state index in [0.717, 1.165) is 18.0 Å². The van der Waals surface area contributed by atoms with E-state index in [9.17, 15) is 28.2 Å². The predicted molar refractivity (Wildman–Crippen MR) is 62.3 cm³/mol. The van der Waals surface area contributed by atoms with Crippen molar-refractivity contribution in [3.63, 3.8) is 0 Å². The molecule has 0 fully saturated rings. The van der Waals surface area contributed by atoms with Gasteiger partial charge in [-0.1, -0.05) is 11.8 Å². The summed E-state index contributed by atoms with van der Waals surface area (Å²) in [5, 5.41) is 24.1. The Balaban J connectivity index is 2.69. The summed E-state index contributed by atoms with van der Waals surface area (Å²) in [4.78, 5) is 10.7. The largest absolute Gasteiger partial charge is 0.433 e. The van der Waals surface area contributed by atoms with Crippen LogP contribution in [0, 0.1) is 0 Å². The first-order chi connectivity index (χ1) is 8.73. The molecular weight excluding hydrogens is 285 g/mol. The van der Waals surface area contributed by atoms with E-state index in [1.807, 2.05) is 0 Å². The van der Waals surface area contributed by atoms with Gasteiger partial charge in [0.25, 0.3) is 0 Å². The molecule has 0 amide bonds. The number of rotatable bonds is 5. The zero-order chi connectivity index (χ0) is 14.6. The highest BCUT2D eigenvalue weighted by molar-refractivity contribution is 8.13. The Morgan fingerprint density at radius 2 is 2.16 bits per heavy atom. The molecule has 1 heterocycles. The maximum absolute atomic E-state index is 12.6. The van der Waals surface area contributed by atoms with Crippen LogP contribution in [-0.2, 0) is 11.0 Å². The normalized spacial score (nSPS) is 15.3. The van der Waals surface area contributed by atoms with Crippen molar-refractivity contribution in [3.05, 3.63) is 17.5 Å². The SMILES string of the molecule is CC(=O)SCCC(O)C(O)c1cn[nH]c1C(F)(F)F. The average molecular weight is 298 g/mol. The van der Waals surface area contributed by atoms with Gasteiger partial charge in [-0.3, -0.25) is 9.89 Å². The van der Waals surface area contributed by atoms with Crippen LogP contribution < -0.4 is 0 Å². The summed E-state index contributed by atoms with van der Waals surface area (Å²) in [5.74, 6) is 0.215. The molecule has 0 bridgehead atoms. The number of H-pyrrole nitrogens is 1. The van der Waals surface area contributed by atoms with Crippen LogP contribution in [0.5, 0.6) is 0 Å². The molecule has 2 unspecified atom stereocenters. The van der Waals surface area contributed by atoms with Crippen LogP contribution in [0.3, 0.4) is 0 Å². The van der Waals surface area contributed by atoms with Crippen molar-refractivity contribution < 1.29 is 28.2 Å². The lowest BCUT2D eigenvalue weighted by molar-refractivity contribution is -0.143. The molecule has 19 heavy (non-hydrogen) atoms. The van der Waals surface area contributed by atoms with Crippen LogP contribution in [0.1, 0.15) is 30.7 Å². The fourth-order valence-corrected chi connectivity index (χ4v) is 2.08. The topological polar surface area (TPSA) is 86.2 Å². The third-order valence-corrected chi connectivity index (χ3v) is 3.20. The number of carbonyl (C=O) groups excluding carboxylic acids is 1. The zero-order valence-corrected chi connectivity index (χ0v) is 10.8. The second-order valence-corrected chi connectivity index (χ2v) is 5.11. The van der Waals surface area contributed by atoms with Gasteiger partial charge in [0.05, 0.1) is 12.3 Å². The summed E-state index contributed by atoms with van der Waals surface area (Å²) in [5.41, 5.74) is -1.69. The minimum atomic E-state index is -4.68. The molecule has 1 rings (SSSR count). The molecule has 1 aromatic rings. The Bertz CT molecular complexity index is 436. The van der Waals surface area contributed by atoms with E-state index < -0.39 is 29.6 Å². The van der Waals surface area contributed by atoms with Crippen LogP contribution in [0.25, 0.3) is 0 Å². The molecule has 0 aliphatic carbocycles. The number of aromatic amines is 1. The standard InChI is InChI=1S/C10H13F3N2O3S/c1-5(16)19-3-2-7(17)8(18)6-4-14-15-9(6)10(11,12)13/h4,7-8,17-18H,2-3H2,1H3,(H,14,15). The highest BCUT2D eigenvalue weighted by Gasteiger charge is 2.38. The first kappa shape index (κ1) is 16.0. The van der Waals surface area contributed by atoms with Crippen LogP contribution in [-0.4, -0.2) is 37.4 Å². The molecule has 108 valence electrons. The molecule has 0 saturated heterocycles. The first-order valence-corrected chi connectivity index (χ1v) is 6.32. The molecule has 0 aromatic carbocycles. The van der Waals surface area contributed by atoms with Crippen LogP contribution in [0.15, 0.2) is 6.20 Å². The number of aliphatic hydroxyl groups excluding tert-OH is 2. The number of nitrogens with zero attached hydrogens (tertiary/aromatic N) is 1. The van der Waals surface area contributed by atoms with Gasteiger partial charge in [0.15, 0.2) is 5.12 Å². The van der Waals surface area contributed by atoms with E-state index in [1.165, 1.54) is 6.92 Å². The second kappa shape index (κ2) is 6.40. The molecule has 0 saturated carbocycles. The monoisotopic (exact) mass is 298 g/mol. The molecule has 3 N–H and O–H groups in total. The van der Waals surface area contributed by atoms with E-state index in [2.05, 4.69) is 5.10 Å². The second-order valence-electron chi connectivity index (χ2n) is 3.84.